The number of allylic oxidation sites excluding steroid dienone is 2. The number of amides is 1. The van der Waals surface area contributed by atoms with Gasteiger partial charge in [0.25, 0.3) is 0 Å². The second-order valence-electron chi connectivity index (χ2n) is 26.0. The number of hydrogen-bond acceptors (Lipinski definition) is 5. The smallest absolute Gasteiger partial charge is 0.305 e. The monoisotopic (exact) mass is 1140 g/mol. The molecule has 0 aromatic rings. The minimum atomic E-state index is -0.658. The molecular formula is C75H147NO5. The summed E-state index contributed by atoms with van der Waals surface area (Å²) in [7, 11) is 0. The molecule has 0 fully saturated rings. The fourth-order valence-corrected chi connectivity index (χ4v) is 12.1. The third-order valence-corrected chi connectivity index (χ3v) is 17.8. The van der Waals surface area contributed by atoms with Gasteiger partial charge >= 0.3 is 5.97 Å². The molecule has 6 nitrogen and oxygen atoms in total. The van der Waals surface area contributed by atoms with Crippen LogP contribution in [0.15, 0.2) is 12.2 Å². The van der Waals surface area contributed by atoms with Crippen LogP contribution in [-0.4, -0.2) is 47.4 Å². The molecule has 0 aliphatic carbocycles. The fraction of sp³-hybridized carbons (Fsp3) is 0.947. The van der Waals surface area contributed by atoms with Crippen molar-refractivity contribution in [2.24, 2.45) is 0 Å². The maximum atomic E-state index is 12.5. The standard InChI is InChI=1S/C75H147NO5/c1-3-5-7-9-11-13-15-17-41-45-49-53-57-61-65-69-75(80)81-70-66-62-58-54-50-46-43-40-38-36-34-32-30-28-26-24-22-20-18-19-21-23-25-27-29-31-33-35-37-39-42-44-48-52-56-60-64-68-74(79)76-72(71-77)73(78)67-63-59-55-51-47-16-14-12-10-8-6-4-2/h17,41,72-73,77-78H,3-16,18-40,42-71H2,1-2H3,(H,76,79)/b41-17-. The zero-order chi connectivity index (χ0) is 58.5. The van der Waals surface area contributed by atoms with Gasteiger partial charge in [-0.15, -0.1) is 0 Å². The van der Waals surface area contributed by atoms with Gasteiger partial charge in [-0.25, -0.2) is 0 Å². The second-order valence-corrected chi connectivity index (χ2v) is 26.0. The highest BCUT2D eigenvalue weighted by Gasteiger charge is 2.20. The summed E-state index contributed by atoms with van der Waals surface area (Å²) in [4.78, 5) is 24.6. The molecule has 2 atom stereocenters. The molecule has 0 heterocycles. The topological polar surface area (TPSA) is 95.9 Å². The molecule has 0 saturated carbocycles. The Balaban J connectivity index is 3.27. The third kappa shape index (κ3) is 67.6. The van der Waals surface area contributed by atoms with Crippen LogP contribution in [0.25, 0.3) is 0 Å². The molecule has 0 aliphatic rings. The van der Waals surface area contributed by atoms with Crippen LogP contribution in [0.5, 0.6) is 0 Å². The van der Waals surface area contributed by atoms with Gasteiger partial charge in [-0.05, 0) is 51.4 Å². The van der Waals surface area contributed by atoms with E-state index in [1.165, 1.54) is 353 Å². The molecule has 0 rings (SSSR count). The van der Waals surface area contributed by atoms with Crippen LogP contribution in [0.2, 0.25) is 0 Å². The molecule has 1 amide bonds. The highest BCUT2D eigenvalue weighted by molar-refractivity contribution is 5.76. The SMILES string of the molecule is CCCCCCCC/C=C\CCCCCCCC(=O)OCCCCCCCCCCCCCCCCCCCCCCCCCCCCCCCCCCCCCCCC(=O)NC(CO)C(O)CCCCCCCCCCCCCC. The number of hydrogen-bond donors (Lipinski definition) is 3. The van der Waals surface area contributed by atoms with Crippen molar-refractivity contribution in [3.05, 3.63) is 12.2 Å². The number of nitrogens with one attached hydrogen (secondary N) is 1. The van der Waals surface area contributed by atoms with Gasteiger partial charge < -0.3 is 20.3 Å². The van der Waals surface area contributed by atoms with Crippen molar-refractivity contribution in [1.82, 2.24) is 5.32 Å². The first-order valence-electron chi connectivity index (χ1n) is 37.4. The molecule has 0 spiro atoms. The number of unbranched alkanes of at least 4 members (excludes halogenated alkanes) is 58. The minimum absolute atomic E-state index is 0.0163. The second kappa shape index (κ2) is 71.1. The molecular weight excluding hydrogens is 995 g/mol. The number of ether oxygens (including phenoxy) is 1. The van der Waals surface area contributed by atoms with Gasteiger partial charge in [0, 0.05) is 12.8 Å². The van der Waals surface area contributed by atoms with Crippen LogP contribution in [0.1, 0.15) is 431 Å². The van der Waals surface area contributed by atoms with Crippen LogP contribution in [0.4, 0.5) is 0 Å². The minimum Gasteiger partial charge on any atom is -0.466 e. The lowest BCUT2D eigenvalue weighted by atomic mass is 10.0. The molecule has 0 radical (unpaired) electrons. The van der Waals surface area contributed by atoms with E-state index in [1.807, 2.05) is 0 Å². The number of aliphatic hydroxyl groups is 2. The molecule has 81 heavy (non-hydrogen) atoms. The Kier molecular flexibility index (Phi) is 69.9. The normalized spacial score (nSPS) is 12.5. The molecule has 3 N–H and O–H groups in total. The number of carbonyl (C=O) groups excluding carboxylic acids is 2. The highest BCUT2D eigenvalue weighted by atomic mass is 16.5. The lowest BCUT2D eigenvalue weighted by Gasteiger charge is -2.22. The molecule has 0 bridgehead atoms. The summed E-state index contributed by atoms with van der Waals surface area (Å²) in [5, 5.41) is 23.3. The summed E-state index contributed by atoms with van der Waals surface area (Å²) in [6.07, 6.45) is 88.7. The predicted molar refractivity (Wildman–Crippen MR) is 357 cm³/mol. The molecule has 6 heteroatoms. The van der Waals surface area contributed by atoms with Gasteiger partial charge in [0.05, 0.1) is 25.4 Å². The summed E-state index contributed by atoms with van der Waals surface area (Å²) in [5.74, 6) is -0.0108. The molecule has 0 aliphatic heterocycles. The zero-order valence-electron chi connectivity index (χ0n) is 55.3. The van der Waals surface area contributed by atoms with Crippen molar-refractivity contribution in [2.45, 2.75) is 443 Å². The average Bonchev–Trinajstić information content (AvgIpc) is 3.47. The summed E-state index contributed by atoms with van der Waals surface area (Å²) < 4.78 is 5.50. The van der Waals surface area contributed by atoms with E-state index in [4.69, 9.17) is 4.74 Å². The molecule has 482 valence electrons. The van der Waals surface area contributed by atoms with E-state index < -0.39 is 12.1 Å². The maximum Gasteiger partial charge on any atom is 0.305 e. The van der Waals surface area contributed by atoms with Crippen molar-refractivity contribution in [3.63, 3.8) is 0 Å². The summed E-state index contributed by atoms with van der Waals surface area (Å²) in [5.41, 5.74) is 0. The number of rotatable bonds is 71. The van der Waals surface area contributed by atoms with Crippen molar-refractivity contribution in [2.75, 3.05) is 13.2 Å². The number of carbonyl (C=O) groups is 2. The van der Waals surface area contributed by atoms with Crippen LogP contribution >= 0.6 is 0 Å². The molecule has 0 aromatic heterocycles. The van der Waals surface area contributed by atoms with Gasteiger partial charge in [0.1, 0.15) is 0 Å². The quantitative estimate of drug-likeness (QED) is 0.0320. The van der Waals surface area contributed by atoms with E-state index in [-0.39, 0.29) is 18.5 Å². The largest absolute Gasteiger partial charge is 0.466 e. The van der Waals surface area contributed by atoms with Crippen LogP contribution in [-0.2, 0) is 14.3 Å². The van der Waals surface area contributed by atoms with Gasteiger partial charge in [-0.2, -0.15) is 0 Å². The average molecular weight is 1140 g/mol. The number of esters is 1. The first-order valence-corrected chi connectivity index (χ1v) is 37.4. The van der Waals surface area contributed by atoms with E-state index in [1.54, 1.807) is 0 Å². The third-order valence-electron chi connectivity index (χ3n) is 17.8. The number of aliphatic hydroxyl groups excluding tert-OH is 2. The van der Waals surface area contributed by atoms with Crippen molar-refractivity contribution in [1.29, 1.82) is 0 Å². The van der Waals surface area contributed by atoms with Gasteiger partial charge in [0.15, 0.2) is 0 Å². The van der Waals surface area contributed by atoms with Crippen molar-refractivity contribution < 1.29 is 24.5 Å². The lowest BCUT2D eigenvalue weighted by molar-refractivity contribution is -0.143. The van der Waals surface area contributed by atoms with Crippen LogP contribution in [0, 0.1) is 0 Å². The van der Waals surface area contributed by atoms with Crippen LogP contribution < -0.4 is 5.32 Å². The summed E-state index contributed by atoms with van der Waals surface area (Å²) in [6, 6.07) is -0.535. The first-order chi connectivity index (χ1) is 40.0. The Morgan fingerprint density at radius 1 is 0.333 bits per heavy atom. The Morgan fingerprint density at radius 3 is 0.877 bits per heavy atom. The fourth-order valence-electron chi connectivity index (χ4n) is 12.1. The molecule has 0 aromatic carbocycles. The maximum absolute atomic E-state index is 12.5. The Labute approximate surface area is 508 Å². The van der Waals surface area contributed by atoms with E-state index in [9.17, 15) is 19.8 Å². The molecule has 2 unspecified atom stereocenters. The van der Waals surface area contributed by atoms with Crippen LogP contribution in [0.3, 0.4) is 0 Å². The Morgan fingerprint density at radius 2 is 0.580 bits per heavy atom. The Hall–Kier alpha value is -1.40. The van der Waals surface area contributed by atoms with Gasteiger partial charge in [0.2, 0.25) is 5.91 Å². The lowest BCUT2D eigenvalue weighted by Crippen LogP contribution is -2.45. The summed E-state index contributed by atoms with van der Waals surface area (Å²) >= 11 is 0. The Bertz CT molecular complexity index is 1220. The first kappa shape index (κ1) is 79.6. The zero-order valence-corrected chi connectivity index (χ0v) is 55.3. The van der Waals surface area contributed by atoms with Gasteiger partial charge in [-0.1, -0.05) is 379 Å². The summed E-state index contributed by atoms with van der Waals surface area (Å²) in [6.45, 7) is 4.98. The van der Waals surface area contributed by atoms with E-state index in [0.717, 1.165) is 44.9 Å². The van der Waals surface area contributed by atoms with E-state index in [2.05, 4.69) is 31.3 Å². The van der Waals surface area contributed by atoms with Crippen molar-refractivity contribution in [3.8, 4) is 0 Å². The predicted octanol–water partition coefficient (Wildman–Crippen LogP) is 24.3. The molecule has 0 saturated heterocycles. The highest BCUT2D eigenvalue weighted by Crippen LogP contribution is 2.20. The van der Waals surface area contributed by atoms with Gasteiger partial charge in [-0.3, -0.25) is 9.59 Å². The van der Waals surface area contributed by atoms with E-state index >= 15 is 0 Å². The van der Waals surface area contributed by atoms with E-state index in [0.29, 0.717) is 25.9 Å². The van der Waals surface area contributed by atoms with Crippen molar-refractivity contribution >= 4 is 11.9 Å².